The molecule has 0 aliphatic heterocycles. The van der Waals surface area contributed by atoms with Gasteiger partial charge in [0.05, 0.1) is 6.26 Å². The summed E-state index contributed by atoms with van der Waals surface area (Å²) in [7, 11) is 0. The lowest BCUT2D eigenvalue weighted by Crippen LogP contribution is -2.61. The van der Waals surface area contributed by atoms with Gasteiger partial charge in [0.15, 0.2) is 11.9 Å². The summed E-state index contributed by atoms with van der Waals surface area (Å²) >= 11 is 0. The van der Waals surface area contributed by atoms with Crippen molar-refractivity contribution in [1.82, 2.24) is 10.6 Å². The normalized spacial score (nSPS) is 32.0. The first-order valence-electron chi connectivity index (χ1n) is 9.76. The van der Waals surface area contributed by atoms with E-state index < -0.39 is 18.0 Å². The second-order valence-electron chi connectivity index (χ2n) is 8.48. The summed E-state index contributed by atoms with van der Waals surface area (Å²) in [4.78, 5) is 36.3. The Kier molecular flexibility index (Phi) is 4.70. The molecule has 2 N–H and O–H groups in total. The number of amides is 2. The number of ether oxygens (including phenoxy) is 1. The van der Waals surface area contributed by atoms with E-state index in [0.717, 1.165) is 37.0 Å². The Morgan fingerprint density at radius 1 is 1.19 bits per heavy atom. The average Bonchev–Trinajstić information content (AvgIpc) is 3.12. The van der Waals surface area contributed by atoms with E-state index in [1.165, 1.54) is 31.6 Å². The van der Waals surface area contributed by atoms with E-state index >= 15 is 0 Å². The molecule has 5 rings (SSSR count). The molecule has 2 amide bonds. The van der Waals surface area contributed by atoms with E-state index in [9.17, 15) is 14.4 Å². The fourth-order valence-corrected chi connectivity index (χ4v) is 5.57. The maximum absolute atomic E-state index is 12.6. The molecule has 1 atom stereocenters. The zero-order valence-electron chi connectivity index (χ0n) is 15.5. The van der Waals surface area contributed by atoms with Crippen LogP contribution < -0.4 is 10.6 Å². The Bertz CT molecular complexity index is 691. The molecular formula is C20H26N2O5. The van der Waals surface area contributed by atoms with Crippen molar-refractivity contribution in [3.63, 3.8) is 0 Å². The molecule has 4 aliphatic rings. The molecule has 0 saturated heterocycles. The van der Waals surface area contributed by atoms with Crippen LogP contribution in [-0.4, -0.2) is 36.0 Å². The lowest BCUT2D eigenvalue weighted by molar-refractivity contribution is -0.155. The van der Waals surface area contributed by atoms with Crippen molar-refractivity contribution in [3.05, 3.63) is 24.2 Å². The molecule has 7 nitrogen and oxygen atoms in total. The maximum atomic E-state index is 12.6. The molecule has 146 valence electrons. The van der Waals surface area contributed by atoms with Crippen LogP contribution in [0.5, 0.6) is 0 Å². The number of nitrogens with one attached hydrogen (secondary N) is 2. The summed E-state index contributed by atoms with van der Waals surface area (Å²) in [5.74, 6) is 0.910. The number of carbonyl (C=O) groups excluding carboxylic acids is 3. The first-order valence-corrected chi connectivity index (χ1v) is 9.76. The second kappa shape index (κ2) is 7.02. The van der Waals surface area contributed by atoms with Gasteiger partial charge in [0.25, 0.3) is 11.8 Å². The van der Waals surface area contributed by atoms with Crippen molar-refractivity contribution in [2.24, 2.45) is 17.8 Å². The van der Waals surface area contributed by atoms with Crippen molar-refractivity contribution in [1.29, 1.82) is 0 Å². The fraction of sp³-hybridized carbons (Fsp3) is 0.650. The quantitative estimate of drug-likeness (QED) is 0.743. The van der Waals surface area contributed by atoms with Crippen LogP contribution in [-0.2, 0) is 14.3 Å². The molecule has 1 aromatic rings. The highest BCUT2D eigenvalue weighted by Gasteiger charge is 2.51. The minimum absolute atomic E-state index is 0.111. The van der Waals surface area contributed by atoms with Crippen molar-refractivity contribution in [2.75, 3.05) is 6.54 Å². The monoisotopic (exact) mass is 374 g/mol. The molecule has 4 fully saturated rings. The topological polar surface area (TPSA) is 97.6 Å². The van der Waals surface area contributed by atoms with Crippen LogP contribution in [0.2, 0.25) is 0 Å². The van der Waals surface area contributed by atoms with Gasteiger partial charge in [-0.25, -0.2) is 0 Å². The molecule has 4 aliphatic carbocycles. The van der Waals surface area contributed by atoms with Gasteiger partial charge in [-0.1, -0.05) is 0 Å². The minimum Gasteiger partial charge on any atom is -0.459 e. The Labute approximate surface area is 158 Å². The minimum atomic E-state index is -0.883. The molecule has 1 heterocycles. The molecule has 7 heteroatoms. The summed E-state index contributed by atoms with van der Waals surface area (Å²) in [6.07, 6.45) is 7.54. The molecule has 0 spiro atoms. The lowest BCUT2D eigenvalue weighted by Gasteiger charge is -2.57. The third kappa shape index (κ3) is 3.87. The van der Waals surface area contributed by atoms with E-state index in [0.29, 0.717) is 0 Å². The van der Waals surface area contributed by atoms with Crippen LogP contribution in [0.3, 0.4) is 0 Å². The molecule has 0 unspecified atom stereocenters. The zero-order valence-corrected chi connectivity index (χ0v) is 15.5. The first-order chi connectivity index (χ1) is 12.9. The fourth-order valence-electron chi connectivity index (χ4n) is 5.57. The van der Waals surface area contributed by atoms with Gasteiger partial charge < -0.3 is 19.8 Å². The highest BCUT2D eigenvalue weighted by Crippen LogP contribution is 2.55. The third-order valence-electron chi connectivity index (χ3n) is 6.24. The van der Waals surface area contributed by atoms with Crippen LogP contribution in [0.15, 0.2) is 22.8 Å². The molecule has 4 saturated carbocycles. The molecule has 4 bridgehead atoms. The number of carbonyl (C=O) groups is 3. The summed E-state index contributed by atoms with van der Waals surface area (Å²) in [6, 6.07) is 3.09. The summed E-state index contributed by atoms with van der Waals surface area (Å²) in [6.45, 7) is 1.26. The largest absolute Gasteiger partial charge is 0.459 e. The Balaban J connectivity index is 1.25. The highest BCUT2D eigenvalue weighted by molar-refractivity contribution is 5.93. The second-order valence-corrected chi connectivity index (χ2v) is 8.48. The van der Waals surface area contributed by atoms with Crippen molar-refractivity contribution in [3.8, 4) is 0 Å². The van der Waals surface area contributed by atoms with E-state index in [2.05, 4.69) is 10.6 Å². The summed E-state index contributed by atoms with van der Waals surface area (Å²) < 4.78 is 10.2. The van der Waals surface area contributed by atoms with Crippen LogP contribution >= 0.6 is 0 Å². The zero-order chi connectivity index (χ0) is 19.0. The number of furan rings is 1. The Morgan fingerprint density at radius 3 is 2.37 bits per heavy atom. The van der Waals surface area contributed by atoms with Gasteiger partial charge in [-0.05, 0) is 75.3 Å². The van der Waals surface area contributed by atoms with Crippen molar-refractivity contribution in [2.45, 2.75) is 57.1 Å². The van der Waals surface area contributed by atoms with E-state index in [1.807, 2.05) is 0 Å². The molecular weight excluding hydrogens is 348 g/mol. The molecule has 0 radical (unpaired) electrons. The van der Waals surface area contributed by atoms with E-state index in [-0.39, 0.29) is 23.8 Å². The van der Waals surface area contributed by atoms with Crippen molar-refractivity contribution < 1.29 is 23.5 Å². The van der Waals surface area contributed by atoms with Crippen molar-refractivity contribution >= 4 is 17.8 Å². The van der Waals surface area contributed by atoms with Gasteiger partial charge in [0.2, 0.25) is 0 Å². The Hall–Kier alpha value is -2.31. The average molecular weight is 374 g/mol. The van der Waals surface area contributed by atoms with Gasteiger partial charge in [-0.15, -0.1) is 0 Å². The first kappa shape index (κ1) is 18.1. The van der Waals surface area contributed by atoms with Crippen LogP contribution in [0.4, 0.5) is 0 Å². The maximum Gasteiger partial charge on any atom is 0.326 e. The molecule has 0 aromatic carbocycles. The lowest BCUT2D eigenvalue weighted by atomic mass is 9.53. The van der Waals surface area contributed by atoms with E-state index in [4.69, 9.17) is 9.15 Å². The summed E-state index contributed by atoms with van der Waals surface area (Å²) in [5.41, 5.74) is -0.111. The van der Waals surface area contributed by atoms with Gasteiger partial charge in [-0.3, -0.25) is 14.4 Å². The molecule has 27 heavy (non-hydrogen) atoms. The van der Waals surface area contributed by atoms with Gasteiger partial charge in [-0.2, -0.15) is 0 Å². The van der Waals surface area contributed by atoms with Gasteiger partial charge in [0.1, 0.15) is 6.54 Å². The standard InChI is InChI=1S/C20H26N2O5/c1-12(27-17(23)11-21-19(25)16-3-2-4-26-16)18(24)22-20-8-13-5-14(9-20)7-15(6-13)10-20/h2-4,12-15H,5-11H2,1H3,(H,21,25)(H,22,24)/t12-,13?,14?,15?,20?/m1/s1. The van der Waals surface area contributed by atoms with Crippen LogP contribution in [0, 0.1) is 17.8 Å². The summed E-state index contributed by atoms with van der Waals surface area (Å²) in [5, 5.41) is 5.62. The predicted octanol–water partition coefficient (Wildman–Crippen LogP) is 2.03. The van der Waals surface area contributed by atoms with Crippen LogP contribution in [0.1, 0.15) is 56.0 Å². The number of hydrogen-bond acceptors (Lipinski definition) is 5. The smallest absolute Gasteiger partial charge is 0.326 e. The number of rotatable bonds is 6. The van der Waals surface area contributed by atoms with Crippen LogP contribution in [0.25, 0.3) is 0 Å². The predicted molar refractivity (Wildman–Crippen MR) is 95.6 cm³/mol. The van der Waals surface area contributed by atoms with Gasteiger partial charge >= 0.3 is 5.97 Å². The number of esters is 1. The molecule has 1 aromatic heterocycles. The third-order valence-corrected chi connectivity index (χ3v) is 6.24. The SMILES string of the molecule is C[C@@H](OC(=O)CNC(=O)c1ccco1)C(=O)NC12CC3CC(CC(C3)C1)C2. The number of hydrogen-bond donors (Lipinski definition) is 2. The highest BCUT2D eigenvalue weighted by atomic mass is 16.5. The van der Waals surface area contributed by atoms with Gasteiger partial charge in [0, 0.05) is 5.54 Å². The Morgan fingerprint density at radius 2 is 1.81 bits per heavy atom. The van der Waals surface area contributed by atoms with E-state index in [1.54, 1.807) is 13.0 Å².